The molecule has 0 unspecified atom stereocenters. The summed E-state index contributed by atoms with van der Waals surface area (Å²) in [5, 5.41) is 0.846. The number of nitrogens with zero attached hydrogens (tertiary/aromatic N) is 5. The van der Waals surface area contributed by atoms with Crippen LogP contribution in [0.3, 0.4) is 0 Å². The van der Waals surface area contributed by atoms with Crippen LogP contribution in [0.2, 0.25) is 0 Å². The van der Waals surface area contributed by atoms with E-state index in [9.17, 15) is 8.42 Å². The highest BCUT2D eigenvalue weighted by Gasteiger charge is 2.30. The minimum atomic E-state index is -3.24. The molecule has 9 heteroatoms. The predicted octanol–water partition coefficient (Wildman–Crippen LogP) is 3.05. The Balaban J connectivity index is 1.25. The van der Waals surface area contributed by atoms with Crippen LogP contribution in [-0.2, 0) is 16.3 Å². The Hall–Kier alpha value is -3.46. The van der Waals surface area contributed by atoms with Crippen LogP contribution in [0.25, 0.3) is 16.7 Å². The predicted molar refractivity (Wildman–Crippen MR) is 122 cm³/mol. The fraction of sp³-hybridized carbons (Fsp3) is 0.261. The van der Waals surface area contributed by atoms with E-state index in [4.69, 9.17) is 4.74 Å². The van der Waals surface area contributed by atoms with Crippen molar-refractivity contribution in [2.45, 2.75) is 24.3 Å². The zero-order valence-electron chi connectivity index (χ0n) is 17.8. The van der Waals surface area contributed by atoms with Crippen LogP contribution in [0, 0.1) is 0 Å². The van der Waals surface area contributed by atoms with E-state index in [0.717, 1.165) is 47.7 Å². The molecule has 1 fully saturated rings. The Morgan fingerprint density at radius 2 is 1.81 bits per heavy atom. The lowest BCUT2D eigenvalue weighted by Crippen LogP contribution is -2.54. The van der Waals surface area contributed by atoms with Crippen LogP contribution >= 0.6 is 0 Å². The van der Waals surface area contributed by atoms with E-state index < -0.39 is 9.84 Å². The monoisotopic (exact) mass is 449 g/mol. The Bertz CT molecular complexity index is 1360. The maximum atomic E-state index is 11.8. The van der Waals surface area contributed by atoms with Crippen molar-refractivity contribution in [3.05, 3.63) is 66.7 Å². The van der Waals surface area contributed by atoms with E-state index in [2.05, 4.69) is 26.8 Å². The summed E-state index contributed by atoms with van der Waals surface area (Å²) in [7, 11) is -3.24. The molecule has 0 bridgehead atoms. The van der Waals surface area contributed by atoms with Crippen LogP contribution in [0.1, 0.15) is 12.5 Å². The minimum absolute atomic E-state index is 0.0684. The second kappa shape index (κ2) is 7.90. The van der Waals surface area contributed by atoms with Gasteiger partial charge in [-0.15, -0.1) is 0 Å². The Kier molecular flexibility index (Phi) is 5.05. The topological polar surface area (TPSA) is 90.2 Å². The van der Waals surface area contributed by atoms with Gasteiger partial charge in [0.05, 0.1) is 29.7 Å². The fourth-order valence-corrected chi connectivity index (χ4v) is 4.35. The quantitative estimate of drug-likeness (QED) is 0.447. The van der Waals surface area contributed by atoms with E-state index >= 15 is 0 Å². The van der Waals surface area contributed by atoms with Gasteiger partial charge in [-0.25, -0.2) is 23.4 Å². The smallest absolute Gasteiger partial charge is 0.225 e. The molecule has 5 rings (SSSR count). The molecule has 1 aromatic carbocycles. The largest absolute Gasteiger partial charge is 0.485 e. The SMILES string of the molecule is CCc1cnc(N2CC(Oc3ccc(-n4ccc5cc(S(C)(=O)=O)ccc54)nc3)C2)nc1. The number of aromatic nitrogens is 4. The summed E-state index contributed by atoms with van der Waals surface area (Å²) in [6, 6.07) is 10.8. The van der Waals surface area contributed by atoms with E-state index in [-0.39, 0.29) is 6.10 Å². The number of ether oxygens (including phenoxy) is 1. The Morgan fingerprint density at radius 3 is 2.47 bits per heavy atom. The van der Waals surface area contributed by atoms with Gasteiger partial charge in [-0.3, -0.25) is 0 Å². The molecule has 4 aromatic rings. The average Bonchev–Trinajstić information content (AvgIpc) is 3.19. The van der Waals surface area contributed by atoms with E-state index in [0.29, 0.717) is 10.6 Å². The van der Waals surface area contributed by atoms with Gasteiger partial charge in [0.15, 0.2) is 9.84 Å². The minimum Gasteiger partial charge on any atom is -0.485 e. The molecule has 3 aromatic heterocycles. The third-order valence-corrected chi connectivity index (χ3v) is 6.70. The summed E-state index contributed by atoms with van der Waals surface area (Å²) in [5.41, 5.74) is 2.02. The Labute approximate surface area is 186 Å². The van der Waals surface area contributed by atoms with Gasteiger partial charge in [-0.05, 0) is 48.4 Å². The summed E-state index contributed by atoms with van der Waals surface area (Å²) < 4.78 is 31.5. The van der Waals surface area contributed by atoms with Crippen LogP contribution in [0.15, 0.2) is 66.1 Å². The molecule has 0 spiro atoms. The molecule has 1 aliphatic heterocycles. The van der Waals surface area contributed by atoms with Crippen LogP contribution in [0.5, 0.6) is 5.75 Å². The van der Waals surface area contributed by atoms with Crippen LogP contribution in [0.4, 0.5) is 5.95 Å². The number of anilines is 1. The number of pyridine rings is 1. The number of fused-ring (bicyclic) bond motifs is 1. The van der Waals surface area contributed by atoms with Crippen molar-refractivity contribution >= 4 is 26.7 Å². The van der Waals surface area contributed by atoms with Gasteiger partial charge in [0.1, 0.15) is 17.7 Å². The third kappa shape index (κ3) is 3.91. The second-order valence-electron chi connectivity index (χ2n) is 7.92. The summed E-state index contributed by atoms with van der Waals surface area (Å²) in [6.07, 6.45) is 9.53. The lowest BCUT2D eigenvalue weighted by molar-refractivity contribution is 0.165. The van der Waals surface area contributed by atoms with Gasteiger partial charge in [0.25, 0.3) is 0 Å². The summed E-state index contributed by atoms with van der Waals surface area (Å²) in [5.74, 6) is 2.17. The van der Waals surface area contributed by atoms with Gasteiger partial charge in [0.2, 0.25) is 5.95 Å². The van der Waals surface area contributed by atoms with Crippen LogP contribution in [-0.4, -0.2) is 53.4 Å². The van der Waals surface area contributed by atoms with Gasteiger partial charge in [-0.2, -0.15) is 0 Å². The van der Waals surface area contributed by atoms with E-state index in [1.165, 1.54) is 6.26 Å². The second-order valence-corrected chi connectivity index (χ2v) is 9.94. The highest BCUT2D eigenvalue weighted by molar-refractivity contribution is 7.90. The maximum absolute atomic E-state index is 11.8. The van der Waals surface area contributed by atoms with Crippen molar-refractivity contribution < 1.29 is 13.2 Å². The molecule has 8 nitrogen and oxygen atoms in total. The van der Waals surface area contributed by atoms with Gasteiger partial charge in [0, 0.05) is 30.2 Å². The fourth-order valence-electron chi connectivity index (χ4n) is 3.70. The first-order valence-electron chi connectivity index (χ1n) is 10.4. The standard InChI is InChI=1S/C23H23N5O3S/c1-3-16-11-25-23(26-12-16)27-14-19(15-27)31-18-4-7-22(24-13-18)28-9-8-17-10-20(32(2,29)30)5-6-21(17)28/h4-13,19H,3,14-15H2,1-2H3. The van der Waals surface area contributed by atoms with Gasteiger partial charge >= 0.3 is 0 Å². The van der Waals surface area contributed by atoms with Crippen molar-refractivity contribution in [2.75, 3.05) is 24.2 Å². The Morgan fingerprint density at radius 1 is 1.03 bits per heavy atom. The molecule has 0 aliphatic carbocycles. The highest BCUT2D eigenvalue weighted by atomic mass is 32.2. The molecule has 1 aliphatic rings. The molecule has 0 N–H and O–H groups in total. The molecular formula is C23H23N5O3S. The van der Waals surface area contributed by atoms with E-state index in [1.54, 1.807) is 24.4 Å². The first kappa shape index (κ1) is 20.4. The van der Waals surface area contributed by atoms with Crippen molar-refractivity contribution in [3.8, 4) is 11.6 Å². The molecule has 0 atom stereocenters. The molecule has 32 heavy (non-hydrogen) atoms. The number of rotatable bonds is 6. The molecule has 164 valence electrons. The first-order chi connectivity index (χ1) is 15.4. The first-order valence-corrected chi connectivity index (χ1v) is 12.3. The van der Waals surface area contributed by atoms with Crippen LogP contribution < -0.4 is 9.64 Å². The maximum Gasteiger partial charge on any atom is 0.225 e. The highest BCUT2D eigenvalue weighted by Crippen LogP contribution is 2.25. The zero-order valence-corrected chi connectivity index (χ0v) is 18.7. The van der Waals surface area contributed by atoms with E-state index in [1.807, 2.05) is 41.4 Å². The number of benzene rings is 1. The molecule has 0 saturated carbocycles. The molecule has 0 radical (unpaired) electrons. The summed E-state index contributed by atoms with van der Waals surface area (Å²) >= 11 is 0. The molecule has 0 amide bonds. The van der Waals surface area contributed by atoms with Crippen molar-refractivity contribution in [1.29, 1.82) is 0 Å². The van der Waals surface area contributed by atoms with Gasteiger partial charge in [-0.1, -0.05) is 6.92 Å². The van der Waals surface area contributed by atoms with Gasteiger partial charge < -0.3 is 14.2 Å². The van der Waals surface area contributed by atoms with Crippen molar-refractivity contribution in [3.63, 3.8) is 0 Å². The summed E-state index contributed by atoms with van der Waals surface area (Å²) in [6.45, 7) is 3.55. The molecular weight excluding hydrogens is 426 g/mol. The number of hydrogen-bond acceptors (Lipinski definition) is 7. The zero-order chi connectivity index (χ0) is 22.3. The average molecular weight is 450 g/mol. The normalized spacial score (nSPS) is 14.5. The van der Waals surface area contributed by atoms with Crippen molar-refractivity contribution in [1.82, 2.24) is 19.5 Å². The number of hydrogen-bond donors (Lipinski definition) is 0. The molecule has 1 saturated heterocycles. The molecule has 4 heterocycles. The summed E-state index contributed by atoms with van der Waals surface area (Å²) in [4.78, 5) is 15.7. The third-order valence-electron chi connectivity index (χ3n) is 5.59. The van der Waals surface area contributed by atoms with Crippen molar-refractivity contribution in [2.24, 2.45) is 0 Å². The lowest BCUT2D eigenvalue weighted by Gasteiger charge is -2.38. The number of aryl methyl sites for hydroxylation is 1. The lowest BCUT2D eigenvalue weighted by atomic mass is 10.2. The number of sulfone groups is 1.